The Hall–Kier alpha value is -2.40. The first kappa shape index (κ1) is 19.9. The number of amides is 1. The molecule has 0 aliphatic heterocycles. The Balaban J connectivity index is 2.08. The van der Waals surface area contributed by atoms with Gasteiger partial charge in [-0.3, -0.25) is 4.79 Å². The first-order chi connectivity index (χ1) is 12.5. The average molecular weight is 378 g/mol. The first-order valence-electron chi connectivity index (χ1n) is 8.43. The van der Waals surface area contributed by atoms with Crippen molar-refractivity contribution >= 4 is 17.5 Å². The third-order valence-electron chi connectivity index (χ3n) is 4.04. The number of methoxy groups -OCH3 is 2. The molecule has 1 amide bonds. The van der Waals surface area contributed by atoms with Gasteiger partial charge in [0, 0.05) is 0 Å². The summed E-state index contributed by atoms with van der Waals surface area (Å²) in [6.07, 6.45) is -0.104. The molecule has 2 aromatic carbocycles. The highest BCUT2D eigenvalue weighted by Crippen LogP contribution is 2.30. The molecule has 26 heavy (non-hydrogen) atoms. The highest BCUT2D eigenvalue weighted by Gasteiger charge is 2.22. The van der Waals surface area contributed by atoms with E-state index in [0.717, 1.165) is 5.56 Å². The molecule has 1 N–H and O–H groups in total. The van der Waals surface area contributed by atoms with Crippen LogP contribution < -0.4 is 19.5 Å². The lowest BCUT2D eigenvalue weighted by atomic mass is 10.1. The molecule has 0 saturated heterocycles. The van der Waals surface area contributed by atoms with E-state index in [2.05, 4.69) is 5.32 Å². The fourth-order valence-corrected chi connectivity index (χ4v) is 2.71. The number of para-hydroxylation sites is 1. The third-order valence-corrected chi connectivity index (χ3v) is 4.35. The van der Waals surface area contributed by atoms with E-state index in [1.807, 2.05) is 44.2 Å². The van der Waals surface area contributed by atoms with Crippen LogP contribution in [0, 0.1) is 0 Å². The molecule has 0 aliphatic carbocycles. The Morgan fingerprint density at radius 1 is 1.08 bits per heavy atom. The Labute approximate surface area is 159 Å². The maximum Gasteiger partial charge on any atom is 0.261 e. The molecule has 5 nitrogen and oxygen atoms in total. The van der Waals surface area contributed by atoms with Gasteiger partial charge in [-0.15, -0.1) is 0 Å². The van der Waals surface area contributed by atoms with E-state index in [4.69, 9.17) is 25.8 Å². The number of carbonyl (C=O) groups excluding carboxylic acids is 1. The van der Waals surface area contributed by atoms with Gasteiger partial charge < -0.3 is 19.5 Å². The summed E-state index contributed by atoms with van der Waals surface area (Å²) in [5.74, 6) is 1.55. The molecular formula is C20H24ClNO4. The lowest BCUT2D eigenvalue weighted by Crippen LogP contribution is -2.39. The van der Waals surface area contributed by atoms with E-state index in [-0.39, 0.29) is 11.9 Å². The molecule has 0 unspecified atom stereocenters. The molecule has 0 aliphatic rings. The van der Waals surface area contributed by atoms with Crippen LogP contribution in [0.5, 0.6) is 17.2 Å². The van der Waals surface area contributed by atoms with Crippen molar-refractivity contribution in [2.75, 3.05) is 14.2 Å². The van der Waals surface area contributed by atoms with Crippen molar-refractivity contribution in [1.29, 1.82) is 0 Å². The standard InChI is InChI=1S/C20H24ClNO4/c1-5-16(26-17-9-7-6-8-15(17)21)20(23)22-13(2)14-10-11-18(24-3)19(12-14)25-4/h6-13,16H,5H2,1-4H3,(H,22,23)/t13-,16-/m1/s1. The molecule has 0 aromatic heterocycles. The van der Waals surface area contributed by atoms with Gasteiger partial charge in [-0.05, 0) is 43.2 Å². The normalized spacial score (nSPS) is 12.8. The molecule has 0 fully saturated rings. The first-order valence-corrected chi connectivity index (χ1v) is 8.81. The smallest absolute Gasteiger partial charge is 0.261 e. The van der Waals surface area contributed by atoms with Crippen molar-refractivity contribution in [2.45, 2.75) is 32.4 Å². The van der Waals surface area contributed by atoms with Gasteiger partial charge in [0.15, 0.2) is 17.6 Å². The molecule has 6 heteroatoms. The molecule has 0 heterocycles. The van der Waals surface area contributed by atoms with Gasteiger partial charge in [-0.2, -0.15) is 0 Å². The maximum atomic E-state index is 12.6. The van der Waals surface area contributed by atoms with Crippen LogP contribution in [0.25, 0.3) is 0 Å². The van der Waals surface area contributed by atoms with Crippen molar-refractivity contribution in [3.05, 3.63) is 53.1 Å². The van der Waals surface area contributed by atoms with E-state index >= 15 is 0 Å². The molecule has 0 spiro atoms. The van der Waals surface area contributed by atoms with Crippen LogP contribution >= 0.6 is 11.6 Å². The van der Waals surface area contributed by atoms with Crippen LogP contribution in [0.1, 0.15) is 31.9 Å². The van der Waals surface area contributed by atoms with Gasteiger partial charge in [-0.1, -0.05) is 36.7 Å². The predicted octanol–water partition coefficient (Wildman–Crippen LogP) is 4.39. The molecule has 2 aromatic rings. The highest BCUT2D eigenvalue weighted by atomic mass is 35.5. The summed E-state index contributed by atoms with van der Waals surface area (Å²) >= 11 is 6.11. The summed E-state index contributed by atoms with van der Waals surface area (Å²) in [6.45, 7) is 3.80. The van der Waals surface area contributed by atoms with Crippen LogP contribution in [-0.4, -0.2) is 26.2 Å². The van der Waals surface area contributed by atoms with Gasteiger partial charge in [0.25, 0.3) is 5.91 Å². The predicted molar refractivity (Wildman–Crippen MR) is 102 cm³/mol. The van der Waals surface area contributed by atoms with Gasteiger partial charge in [0.05, 0.1) is 25.3 Å². The van der Waals surface area contributed by atoms with Crippen molar-refractivity contribution in [3.63, 3.8) is 0 Å². The molecule has 140 valence electrons. The fourth-order valence-electron chi connectivity index (χ4n) is 2.53. The van der Waals surface area contributed by atoms with E-state index in [9.17, 15) is 4.79 Å². The minimum atomic E-state index is -0.627. The highest BCUT2D eigenvalue weighted by molar-refractivity contribution is 6.32. The summed E-state index contributed by atoms with van der Waals surface area (Å²) < 4.78 is 16.3. The van der Waals surface area contributed by atoms with Crippen LogP contribution in [0.2, 0.25) is 5.02 Å². The van der Waals surface area contributed by atoms with E-state index in [1.165, 1.54) is 0 Å². The Bertz CT molecular complexity index is 750. The Kier molecular flexibility index (Phi) is 7.16. The second-order valence-corrected chi connectivity index (χ2v) is 6.20. The molecule has 2 atom stereocenters. The van der Waals surface area contributed by atoms with Crippen molar-refractivity contribution in [2.24, 2.45) is 0 Å². The molecule has 0 radical (unpaired) electrons. The average Bonchev–Trinajstić information content (AvgIpc) is 2.66. The second-order valence-electron chi connectivity index (χ2n) is 5.79. The van der Waals surface area contributed by atoms with Crippen LogP contribution in [0.15, 0.2) is 42.5 Å². The van der Waals surface area contributed by atoms with Gasteiger partial charge >= 0.3 is 0 Å². The minimum Gasteiger partial charge on any atom is -0.493 e. The summed E-state index contributed by atoms with van der Waals surface area (Å²) in [7, 11) is 3.16. The number of nitrogens with one attached hydrogen (secondary N) is 1. The summed E-state index contributed by atoms with van der Waals surface area (Å²) in [4.78, 5) is 12.6. The number of carbonyl (C=O) groups is 1. The summed E-state index contributed by atoms with van der Waals surface area (Å²) in [5, 5.41) is 3.45. The number of halogens is 1. The monoisotopic (exact) mass is 377 g/mol. The SMILES string of the molecule is CC[C@@H](Oc1ccccc1Cl)C(=O)N[C@H](C)c1ccc(OC)c(OC)c1. The maximum absolute atomic E-state index is 12.6. The number of hydrogen-bond donors (Lipinski definition) is 1. The van der Waals surface area contributed by atoms with Gasteiger partial charge in [-0.25, -0.2) is 0 Å². The van der Waals surface area contributed by atoms with Crippen LogP contribution in [-0.2, 0) is 4.79 Å². The number of rotatable bonds is 8. The molecule has 0 saturated carbocycles. The topological polar surface area (TPSA) is 56.8 Å². The second kappa shape index (κ2) is 9.34. The third kappa shape index (κ3) is 4.82. The van der Waals surface area contributed by atoms with Gasteiger partial charge in [0.1, 0.15) is 5.75 Å². The van der Waals surface area contributed by atoms with Crippen molar-refractivity contribution < 1.29 is 19.0 Å². The molecule has 0 bridgehead atoms. The number of ether oxygens (including phenoxy) is 3. The Morgan fingerprint density at radius 2 is 1.77 bits per heavy atom. The minimum absolute atomic E-state index is 0.199. The fraction of sp³-hybridized carbons (Fsp3) is 0.350. The molecular weight excluding hydrogens is 354 g/mol. The zero-order valence-electron chi connectivity index (χ0n) is 15.4. The van der Waals surface area contributed by atoms with E-state index < -0.39 is 6.10 Å². The van der Waals surface area contributed by atoms with Crippen molar-refractivity contribution in [3.8, 4) is 17.2 Å². The van der Waals surface area contributed by atoms with Crippen molar-refractivity contribution in [1.82, 2.24) is 5.32 Å². The quantitative estimate of drug-likeness (QED) is 0.741. The van der Waals surface area contributed by atoms with Crippen LogP contribution in [0.3, 0.4) is 0 Å². The number of benzene rings is 2. The largest absolute Gasteiger partial charge is 0.493 e. The van der Waals surface area contributed by atoms with E-state index in [1.54, 1.807) is 26.4 Å². The van der Waals surface area contributed by atoms with Crippen LogP contribution in [0.4, 0.5) is 0 Å². The summed E-state index contributed by atoms with van der Waals surface area (Å²) in [6, 6.07) is 12.4. The Morgan fingerprint density at radius 3 is 2.38 bits per heavy atom. The lowest BCUT2D eigenvalue weighted by molar-refractivity contribution is -0.128. The summed E-state index contributed by atoms with van der Waals surface area (Å²) in [5.41, 5.74) is 0.906. The number of hydrogen-bond acceptors (Lipinski definition) is 4. The lowest BCUT2D eigenvalue weighted by Gasteiger charge is -2.21. The van der Waals surface area contributed by atoms with E-state index in [0.29, 0.717) is 28.7 Å². The zero-order chi connectivity index (χ0) is 19.1. The zero-order valence-corrected chi connectivity index (χ0v) is 16.2. The molecule has 2 rings (SSSR count). The van der Waals surface area contributed by atoms with Gasteiger partial charge in [0.2, 0.25) is 0 Å².